The molecule has 0 heterocycles. The quantitative estimate of drug-likeness (QED) is 0.471. The van der Waals surface area contributed by atoms with Gasteiger partial charge in [-0.2, -0.15) is 5.26 Å². The number of nitriles is 1. The Morgan fingerprint density at radius 1 is 1.19 bits per heavy atom. The van der Waals surface area contributed by atoms with Crippen molar-refractivity contribution in [3.05, 3.63) is 53.1 Å². The van der Waals surface area contributed by atoms with E-state index < -0.39 is 0 Å². The van der Waals surface area contributed by atoms with Gasteiger partial charge in [0.2, 0.25) is 0 Å². The first-order valence-electron chi connectivity index (χ1n) is 9.29. The molecule has 0 bridgehead atoms. The molecule has 2 rings (SSSR count). The highest BCUT2D eigenvalue weighted by atomic mass is 16.5. The zero-order valence-electron chi connectivity index (χ0n) is 15.9. The van der Waals surface area contributed by atoms with E-state index in [1.54, 1.807) is 24.3 Å². The molecule has 0 aromatic heterocycles. The number of rotatable bonds is 10. The smallest absolute Gasteiger partial charge is 0.163 e. The molecule has 0 aliphatic carbocycles. The fourth-order valence-electron chi connectivity index (χ4n) is 2.83. The van der Waals surface area contributed by atoms with Crippen LogP contribution in [0, 0.1) is 11.3 Å². The van der Waals surface area contributed by atoms with Crippen LogP contribution in [-0.2, 0) is 6.42 Å². The summed E-state index contributed by atoms with van der Waals surface area (Å²) in [6, 6.07) is 12.9. The average Bonchev–Trinajstić information content (AvgIpc) is 2.67. The van der Waals surface area contributed by atoms with Crippen LogP contribution in [0.3, 0.4) is 0 Å². The van der Waals surface area contributed by atoms with Gasteiger partial charge in [-0.3, -0.25) is 4.79 Å². The first kappa shape index (κ1) is 20.3. The molecule has 0 aliphatic rings. The number of phenols is 1. The van der Waals surface area contributed by atoms with Crippen LogP contribution >= 0.6 is 0 Å². The van der Waals surface area contributed by atoms with Crippen molar-refractivity contribution in [3.63, 3.8) is 0 Å². The fraction of sp³-hybridized carbons (Fsp3) is 0.364. The summed E-state index contributed by atoms with van der Waals surface area (Å²) in [7, 11) is 0. The Morgan fingerprint density at radius 2 is 1.93 bits per heavy atom. The van der Waals surface area contributed by atoms with E-state index in [4.69, 9.17) is 10.00 Å². The Balaban J connectivity index is 1.81. The van der Waals surface area contributed by atoms with Crippen molar-refractivity contribution >= 4 is 11.5 Å². The highest BCUT2D eigenvalue weighted by Crippen LogP contribution is 2.33. The lowest BCUT2D eigenvalue weighted by Gasteiger charge is -2.14. The summed E-state index contributed by atoms with van der Waals surface area (Å²) < 4.78 is 5.85. The van der Waals surface area contributed by atoms with Gasteiger partial charge in [0.25, 0.3) is 0 Å². The van der Waals surface area contributed by atoms with Crippen LogP contribution in [0.25, 0.3) is 0 Å². The molecule has 0 spiro atoms. The van der Waals surface area contributed by atoms with Crippen LogP contribution in [0.2, 0.25) is 0 Å². The molecule has 0 atom stereocenters. The van der Waals surface area contributed by atoms with E-state index in [1.807, 2.05) is 19.1 Å². The van der Waals surface area contributed by atoms with Crippen LogP contribution in [-0.4, -0.2) is 24.0 Å². The van der Waals surface area contributed by atoms with Crippen LogP contribution < -0.4 is 10.1 Å². The van der Waals surface area contributed by atoms with Gasteiger partial charge in [0.05, 0.1) is 23.8 Å². The molecule has 0 radical (unpaired) electrons. The highest BCUT2D eigenvalue weighted by molar-refractivity contribution is 5.97. The van der Waals surface area contributed by atoms with Gasteiger partial charge >= 0.3 is 0 Å². The number of benzene rings is 2. The number of anilines is 1. The highest BCUT2D eigenvalue weighted by Gasteiger charge is 2.15. The first-order valence-corrected chi connectivity index (χ1v) is 9.29. The van der Waals surface area contributed by atoms with Gasteiger partial charge in [0.1, 0.15) is 11.5 Å². The van der Waals surface area contributed by atoms with Crippen molar-refractivity contribution in [1.29, 1.82) is 5.26 Å². The topological polar surface area (TPSA) is 82.3 Å². The van der Waals surface area contributed by atoms with Gasteiger partial charge in [-0.1, -0.05) is 13.3 Å². The Bertz CT molecular complexity index is 808. The fourth-order valence-corrected chi connectivity index (χ4v) is 2.83. The van der Waals surface area contributed by atoms with Crippen LogP contribution in [0.15, 0.2) is 36.4 Å². The molecule has 142 valence electrons. The normalized spacial score (nSPS) is 10.3. The zero-order valence-corrected chi connectivity index (χ0v) is 15.9. The third-order valence-corrected chi connectivity index (χ3v) is 4.29. The first-order chi connectivity index (χ1) is 13.1. The number of Topliss-reactive ketones (excluding diaryl/α,β-unsaturated/α-hetero) is 1. The molecule has 5 heteroatoms. The summed E-state index contributed by atoms with van der Waals surface area (Å²) in [5.74, 6) is 0.550. The van der Waals surface area contributed by atoms with Crippen molar-refractivity contribution in [2.45, 2.75) is 39.5 Å². The van der Waals surface area contributed by atoms with Gasteiger partial charge in [0, 0.05) is 17.8 Å². The number of hydrogen-bond acceptors (Lipinski definition) is 5. The summed E-state index contributed by atoms with van der Waals surface area (Å²) in [6.07, 6.45) is 3.33. The average molecular weight is 366 g/mol. The number of carbonyl (C=O) groups excluding carboxylic acids is 1. The number of carbonyl (C=O) groups is 1. The van der Waals surface area contributed by atoms with Gasteiger partial charge in [-0.15, -0.1) is 0 Å². The second kappa shape index (κ2) is 10.2. The Hall–Kier alpha value is -3.00. The molecular formula is C22H26N2O3. The molecule has 2 aromatic carbocycles. The monoisotopic (exact) mass is 366 g/mol. The van der Waals surface area contributed by atoms with Crippen molar-refractivity contribution in [1.82, 2.24) is 0 Å². The molecule has 0 aliphatic heterocycles. The number of unbranched alkanes of at least 4 members (excludes halogenated alkanes) is 1. The number of ketones is 1. The van der Waals surface area contributed by atoms with E-state index in [1.165, 1.54) is 6.92 Å². The molecule has 2 aromatic rings. The second-order valence-electron chi connectivity index (χ2n) is 6.42. The summed E-state index contributed by atoms with van der Waals surface area (Å²) in [5.41, 5.74) is 2.69. The van der Waals surface area contributed by atoms with Crippen LogP contribution in [0.5, 0.6) is 11.5 Å². The van der Waals surface area contributed by atoms with Crippen molar-refractivity contribution in [2.24, 2.45) is 0 Å². The molecule has 2 N–H and O–H groups in total. The molecule has 0 fully saturated rings. The van der Waals surface area contributed by atoms with Gasteiger partial charge in [0.15, 0.2) is 5.78 Å². The minimum absolute atomic E-state index is 0.0457. The number of aromatic hydroxyl groups is 1. The van der Waals surface area contributed by atoms with E-state index in [0.29, 0.717) is 35.5 Å². The molecule has 5 nitrogen and oxygen atoms in total. The zero-order chi connectivity index (χ0) is 19.6. The third-order valence-electron chi connectivity index (χ3n) is 4.29. The Morgan fingerprint density at radius 3 is 2.56 bits per heavy atom. The predicted molar refractivity (Wildman–Crippen MR) is 106 cm³/mol. The maximum atomic E-state index is 11.6. The largest absolute Gasteiger partial charge is 0.507 e. The lowest BCUT2D eigenvalue weighted by atomic mass is 10.0. The lowest BCUT2D eigenvalue weighted by Crippen LogP contribution is -2.06. The summed E-state index contributed by atoms with van der Waals surface area (Å²) in [6.45, 7) is 4.83. The van der Waals surface area contributed by atoms with Crippen LogP contribution in [0.1, 0.15) is 54.6 Å². The minimum atomic E-state index is -0.148. The maximum absolute atomic E-state index is 11.6. The lowest BCUT2D eigenvalue weighted by molar-refractivity contribution is 0.101. The maximum Gasteiger partial charge on any atom is 0.163 e. The Kier molecular flexibility index (Phi) is 7.69. The van der Waals surface area contributed by atoms with Crippen molar-refractivity contribution in [3.8, 4) is 17.6 Å². The number of nitrogens with one attached hydrogen (secondary N) is 1. The van der Waals surface area contributed by atoms with E-state index in [9.17, 15) is 9.90 Å². The standard InChI is InChI=1S/C22H26N2O3/c1-3-6-20-21(12-11-19(16(2)25)22(20)26)27-14-5-4-13-24-18-9-7-17(15-23)8-10-18/h7-12,24,26H,3-6,13-14H2,1-2H3. The van der Waals surface area contributed by atoms with Crippen LogP contribution in [0.4, 0.5) is 5.69 Å². The molecule has 0 saturated carbocycles. The number of phenolic OH excluding ortho intramolecular Hbond substituents is 1. The van der Waals surface area contributed by atoms with E-state index in [2.05, 4.69) is 11.4 Å². The van der Waals surface area contributed by atoms with Gasteiger partial charge in [-0.25, -0.2) is 0 Å². The predicted octanol–water partition coefficient (Wildman–Crippen LogP) is 4.69. The second-order valence-corrected chi connectivity index (χ2v) is 6.42. The number of nitrogens with zero attached hydrogens (tertiary/aromatic N) is 1. The summed E-state index contributed by atoms with van der Waals surface area (Å²) in [5, 5.41) is 22.4. The van der Waals surface area contributed by atoms with E-state index >= 15 is 0 Å². The van der Waals surface area contributed by atoms with Gasteiger partial charge in [-0.05, 0) is 62.6 Å². The molecular weight excluding hydrogens is 340 g/mol. The molecule has 0 unspecified atom stereocenters. The van der Waals surface area contributed by atoms with Crippen molar-refractivity contribution in [2.75, 3.05) is 18.5 Å². The minimum Gasteiger partial charge on any atom is -0.507 e. The molecule has 27 heavy (non-hydrogen) atoms. The van der Waals surface area contributed by atoms with Crippen molar-refractivity contribution < 1.29 is 14.6 Å². The third kappa shape index (κ3) is 5.75. The summed E-state index contributed by atoms with van der Waals surface area (Å²) >= 11 is 0. The number of ether oxygens (including phenoxy) is 1. The molecule has 0 amide bonds. The van der Waals surface area contributed by atoms with Gasteiger partial charge < -0.3 is 15.2 Å². The molecule has 0 saturated heterocycles. The Labute approximate surface area is 160 Å². The summed E-state index contributed by atoms with van der Waals surface area (Å²) in [4.78, 5) is 11.6. The number of hydrogen-bond donors (Lipinski definition) is 2. The SMILES string of the molecule is CCCc1c(OCCCCNc2ccc(C#N)cc2)ccc(C(C)=O)c1O. The van der Waals surface area contributed by atoms with E-state index in [0.717, 1.165) is 31.5 Å². The van der Waals surface area contributed by atoms with E-state index in [-0.39, 0.29) is 11.5 Å².